The smallest absolute Gasteiger partial charge is 0.330 e. The maximum absolute atomic E-state index is 11.2. The van der Waals surface area contributed by atoms with E-state index >= 15 is 0 Å². The standard InChI is InChI=1S/C19H36O4Si/c1-8-22-18(21)11-9-10-17(20)16-12-15(16)13-23-24(6,7)19(4,5)14(2)3/h9,11,14-17,20H,8,10,12-13H2,1-7H3/b11-9+/t15-,16+,17-/m1/s1. The summed E-state index contributed by atoms with van der Waals surface area (Å²) in [7, 11) is -1.79. The second-order valence-corrected chi connectivity index (χ2v) is 12.9. The van der Waals surface area contributed by atoms with Gasteiger partial charge < -0.3 is 14.3 Å². The Morgan fingerprint density at radius 2 is 2.00 bits per heavy atom. The Kier molecular flexibility index (Phi) is 7.69. The minimum atomic E-state index is -1.79. The quantitative estimate of drug-likeness (QED) is 0.363. The number of aliphatic hydroxyl groups is 1. The molecule has 1 saturated carbocycles. The average molecular weight is 357 g/mol. The molecule has 0 aromatic carbocycles. The van der Waals surface area contributed by atoms with E-state index in [9.17, 15) is 9.90 Å². The highest BCUT2D eigenvalue weighted by atomic mass is 28.4. The molecule has 0 aliphatic heterocycles. The Morgan fingerprint density at radius 3 is 2.54 bits per heavy atom. The number of aliphatic hydroxyl groups excluding tert-OH is 1. The van der Waals surface area contributed by atoms with Crippen LogP contribution in [-0.2, 0) is 14.0 Å². The number of ether oxygens (including phenoxy) is 1. The van der Waals surface area contributed by atoms with Gasteiger partial charge in [0.25, 0.3) is 0 Å². The lowest BCUT2D eigenvalue weighted by molar-refractivity contribution is -0.137. The van der Waals surface area contributed by atoms with Crippen molar-refractivity contribution in [2.75, 3.05) is 13.2 Å². The van der Waals surface area contributed by atoms with Gasteiger partial charge in [0.1, 0.15) is 0 Å². The molecule has 3 atom stereocenters. The number of hydrogen-bond donors (Lipinski definition) is 1. The number of carbonyl (C=O) groups is 1. The molecule has 0 spiro atoms. The van der Waals surface area contributed by atoms with Crippen LogP contribution >= 0.6 is 0 Å². The minimum absolute atomic E-state index is 0.221. The van der Waals surface area contributed by atoms with Gasteiger partial charge in [-0.25, -0.2) is 4.79 Å². The highest BCUT2D eigenvalue weighted by Gasteiger charge is 2.47. The zero-order valence-electron chi connectivity index (χ0n) is 16.5. The van der Waals surface area contributed by atoms with Crippen molar-refractivity contribution in [2.24, 2.45) is 17.8 Å². The fourth-order valence-electron chi connectivity index (χ4n) is 2.80. The molecule has 140 valence electrons. The first-order valence-electron chi connectivity index (χ1n) is 9.18. The maximum atomic E-state index is 11.2. The van der Waals surface area contributed by atoms with Crippen molar-refractivity contribution in [3.05, 3.63) is 12.2 Å². The summed E-state index contributed by atoms with van der Waals surface area (Å²) >= 11 is 0. The number of hydrogen-bond acceptors (Lipinski definition) is 4. The van der Waals surface area contributed by atoms with E-state index in [-0.39, 0.29) is 11.0 Å². The summed E-state index contributed by atoms with van der Waals surface area (Å²) in [5.41, 5.74) is 0. The molecule has 1 rings (SSSR count). The first-order valence-corrected chi connectivity index (χ1v) is 12.1. The Balaban J connectivity index is 2.37. The van der Waals surface area contributed by atoms with Gasteiger partial charge in [0.15, 0.2) is 8.32 Å². The molecule has 0 bridgehead atoms. The van der Waals surface area contributed by atoms with Crippen molar-refractivity contribution in [2.45, 2.75) is 71.7 Å². The third-order valence-corrected chi connectivity index (χ3v) is 10.6. The molecule has 24 heavy (non-hydrogen) atoms. The molecule has 1 N–H and O–H groups in total. The van der Waals surface area contributed by atoms with E-state index in [2.05, 4.69) is 40.8 Å². The summed E-state index contributed by atoms with van der Waals surface area (Å²) in [4.78, 5) is 11.2. The normalized spacial score (nSPS) is 22.9. The summed E-state index contributed by atoms with van der Waals surface area (Å²) < 4.78 is 11.2. The fraction of sp³-hybridized carbons (Fsp3) is 0.842. The van der Waals surface area contributed by atoms with Crippen LogP contribution in [-0.4, -0.2) is 38.7 Å². The summed E-state index contributed by atoms with van der Waals surface area (Å²) in [6.45, 7) is 16.6. The molecule has 0 radical (unpaired) electrons. The van der Waals surface area contributed by atoms with Crippen LogP contribution in [0.1, 0.15) is 47.5 Å². The average Bonchev–Trinajstić information content (AvgIpc) is 3.24. The summed E-state index contributed by atoms with van der Waals surface area (Å²) in [5, 5.41) is 10.5. The Hall–Kier alpha value is -0.653. The van der Waals surface area contributed by atoms with Gasteiger partial charge in [-0.15, -0.1) is 0 Å². The topological polar surface area (TPSA) is 55.8 Å². The predicted molar refractivity (Wildman–Crippen MR) is 100 cm³/mol. The molecule has 1 fully saturated rings. The molecule has 0 aromatic rings. The highest BCUT2D eigenvalue weighted by molar-refractivity contribution is 6.74. The molecule has 1 aliphatic carbocycles. The zero-order valence-corrected chi connectivity index (χ0v) is 17.5. The molecular formula is C19H36O4Si. The summed E-state index contributed by atoms with van der Waals surface area (Å²) in [6.07, 6.45) is 4.23. The maximum Gasteiger partial charge on any atom is 0.330 e. The lowest BCUT2D eigenvalue weighted by Crippen LogP contribution is -2.45. The van der Waals surface area contributed by atoms with Crippen molar-refractivity contribution < 1.29 is 19.1 Å². The Labute approximate surface area is 148 Å². The van der Waals surface area contributed by atoms with E-state index in [1.54, 1.807) is 13.0 Å². The van der Waals surface area contributed by atoms with Crippen LogP contribution in [0.3, 0.4) is 0 Å². The van der Waals surface area contributed by atoms with Crippen molar-refractivity contribution in [3.63, 3.8) is 0 Å². The van der Waals surface area contributed by atoms with Crippen LogP contribution < -0.4 is 0 Å². The molecule has 5 heteroatoms. The van der Waals surface area contributed by atoms with Gasteiger partial charge in [0, 0.05) is 12.7 Å². The molecule has 4 nitrogen and oxygen atoms in total. The van der Waals surface area contributed by atoms with Gasteiger partial charge in [-0.2, -0.15) is 0 Å². The van der Waals surface area contributed by atoms with Crippen LogP contribution in [0.4, 0.5) is 0 Å². The van der Waals surface area contributed by atoms with Gasteiger partial charge in [-0.3, -0.25) is 0 Å². The monoisotopic (exact) mass is 356 g/mol. The molecule has 0 saturated heterocycles. The van der Waals surface area contributed by atoms with E-state index in [1.807, 2.05) is 0 Å². The molecule has 0 heterocycles. The van der Waals surface area contributed by atoms with Crippen LogP contribution in [0.5, 0.6) is 0 Å². The predicted octanol–water partition coefficient (Wildman–Crippen LogP) is 4.15. The second kappa shape index (κ2) is 8.63. The molecule has 0 amide bonds. The minimum Gasteiger partial charge on any atom is -0.463 e. The molecule has 1 aliphatic rings. The van der Waals surface area contributed by atoms with E-state index < -0.39 is 14.4 Å². The van der Waals surface area contributed by atoms with Crippen molar-refractivity contribution in [1.29, 1.82) is 0 Å². The van der Waals surface area contributed by atoms with Gasteiger partial charge in [-0.1, -0.05) is 33.8 Å². The molecular weight excluding hydrogens is 320 g/mol. The number of carbonyl (C=O) groups excluding carboxylic acids is 1. The van der Waals surface area contributed by atoms with Gasteiger partial charge in [0.2, 0.25) is 0 Å². The summed E-state index contributed by atoms with van der Waals surface area (Å²) in [5.74, 6) is 0.992. The third-order valence-electron chi connectivity index (χ3n) is 6.04. The largest absolute Gasteiger partial charge is 0.463 e. The van der Waals surface area contributed by atoms with Gasteiger partial charge in [0.05, 0.1) is 12.7 Å². The van der Waals surface area contributed by atoms with Crippen LogP contribution in [0, 0.1) is 17.8 Å². The number of esters is 1. The lowest BCUT2D eigenvalue weighted by atomic mass is 9.99. The zero-order chi connectivity index (χ0) is 18.5. The second-order valence-electron chi connectivity index (χ2n) is 8.31. The van der Waals surface area contributed by atoms with E-state index in [0.717, 1.165) is 13.0 Å². The van der Waals surface area contributed by atoms with Gasteiger partial charge in [-0.05, 0) is 55.7 Å². The van der Waals surface area contributed by atoms with Crippen LogP contribution in [0.15, 0.2) is 12.2 Å². The molecule has 0 unspecified atom stereocenters. The Bertz CT molecular complexity index is 443. The third kappa shape index (κ3) is 5.71. The lowest BCUT2D eigenvalue weighted by Gasteiger charge is -2.42. The van der Waals surface area contributed by atoms with Crippen LogP contribution in [0.25, 0.3) is 0 Å². The highest BCUT2D eigenvalue weighted by Crippen LogP contribution is 2.47. The van der Waals surface area contributed by atoms with Crippen LogP contribution in [0.2, 0.25) is 18.1 Å². The van der Waals surface area contributed by atoms with E-state index in [1.165, 1.54) is 6.08 Å². The van der Waals surface area contributed by atoms with E-state index in [4.69, 9.17) is 9.16 Å². The van der Waals surface area contributed by atoms with Crippen molar-refractivity contribution >= 4 is 14.3 Å². The summed E-state index contributed by atoms with van der Waals surface area (Å²) in [6, 6.07) is 0. The number of rotatable bonds is 10. The first kappa shape index (κ1) is 21.4. The van der Waals surface area contributed by atoms with Crippen molar-refractivity contribution in [1.82, 2.24) is 0 Å². The van der Waals surface area contributed by atoms with E-state index in [0.29, 0.717) is 30.8 Å². The first-order chi connectivity index (χ1) is 11.0. The van der Waals surface area contributed by atoms with Crippen molar-refractivity contribution in [3.8, 4) is 0 Å². The fourth-order valence-corrected chi connectivity index (χ4v) is 5.19. The molecule has 0 aromatic heterocycles. The Morgan fingerprint density at radius 1 is 1.38 bits per heavy atom. The van der Waals surface area contributed by atoms with Gasteiger partial charge >= 0.3 is 5.97 Å². The SMILES string of the molecule is CCOC(=O)/C=C/C[C@@H](O)[C@H]1C[C@@H]1CO[Si](C)(C)C(C)(C)C(C)C.